The summed E-state index contributed by atoms with van der Waals surface area (Å²) in [6, 6.07) is 8.68. The Balaban J connectivity index is 0.00000261. The summed E-state index contributed by atoms with van der Waals surface area (Å²) in [6.07, 6.45) is 5.79. The van der Waals surface area contributed by atoms with Gasteiger partial charge in [0.2, 0.25) is 5.91 Å². The number of carboxylic acid groups (broad SMARTS) is 1. The van der Waals surface area contributed by atoms with Gasteiger partial charge in [-0.05, 0) is 45.2 Å². The maximum atomic E-state index is 13.5. The molecule has 0 radical (unpaired) electrons. The number of hydrogen-bond donors (Lipinski definition) is 1. The van der Waals surface area contributed by atoms with E-state index in [1.54, 1.807) is 0 Å². The molecule has 0 aromatic heterocycles. The van der Waals surface area contributed by atoms with Crippen LogP contribution >= 0.6 is 12.4 Å². The molecular weight excluding hydrogens is 364 g/mol. The number of hydrogen-bond acceptors (Lipinski definition) is 3. The van der Waals surface area contributed by atoms with Crippen LogP contribution in [-0.2, 0) is 15.0 Å². The van der Waals surface area contributed by atoms with Gasteiger partial charge in [0.25, 0.3) is 0 Å². The number of carbonyl (C=O) groups is 2. The Labute approximate surface area is 168 Å². The number of likely N-dealkylation sites (N-methyl/N-ethyl adjacent to an activating group) is 1. The average molecular weight is 395 g/mol. The summed E-state index contributed by atoms with van der Waals surface area (Å²) in [4.78, 5) is 28.4. The third-order valence-corrected chi connectivity index (χ3v) is 6.20. The van der Waals surface area contributed by atoms with Gasteiger partial charge in [-0.25, -0.2) is 0 Å². The molecule has 0 atom stereocenters. The van der Waals surface area contributed by atoms with E-state index in [-0.39, 0.29) is 36.3 Å². The lowest BCUT2D eigenvalue weighted by atomic mass is 9.76. The molecule has 1 aliphatic carbocycles. The molecule has 1 aromatic carbocycles. The Bertz CT molecular complexity index is 665. The summed E-state index contributed by atoms with van der Waals surface area (Å²) in [6.45, 7) is 3.59. The third kappa shape index (κ3) is 4.64. The smallest absolute Gasteiger partial charge is 0.317 e. The minimum absolute atomic E-state index is 0. The van der Waals surface area contributed by atoms with Crippen LogP contribution < -0.4 is 0 Å². The van der Waals surface area contributed by atoms with Gasteiger partial charge < -0.3 is 10.0 Å². The summed E-state index contributed by atoms with van der Waals surface area (Å²) >= 11 is 0. The van der Waals surface area contributed by atoms with Gasteiger partial charge in [-0.2, -0.15) is 0 Å². The summed E-state index contributed by atoms with van der Waals surface area (Å²) < 4.78 is 0. The van der Waals surface area contributed by atoms with E-state index in [4.69, 9.17) is 5.11 Å². The van der Waals surface area contributed by atoms with Gasteiger partial charge in [0.05, 0.1) is 12.0 Å². The summed E-state index contributed by atoms with van der Waals surface area (Å²) in [5.41, 5.74) is 2.02. The highest BCUT2D eigenvalue weighted by Crippen LogP contribution is 2.43. The Morgan fingerprint density at radius 1 is 1.22 bits per heavy atom. The van der Waals surface area contributed by atoms with Gasteiger partial charge >= 0.3 is 5.97 Å². The zero-order valence-electron chi connectivity index (χ0n) is 16.3. The molecule has 1 heterocycles. The maximum Gasteiger partial charge on any atom is 0.317 e. The molecule has 0 spiro atoms. The van der Waals surface area contributed by atoms with E-state index in [2.05, 4.69) is 31.2 Å². The molecule has 3 rings (SSSR count). The lowest BCUT2D eigenvalue weighted by Gasteiger charge is -2.40. The first kappa shape index (κ1) is 21.7. The maximum absolute atomic E-state index is 13.5. The van der Waals surface area contributed by atoms with Crippen molar-refractivity contribution in [2.24, 2.45) is 0 Å². The minimum atomic E-state index is -0.796. The predicted octanol–water partition coefficient (Wildman–Crippen LogP) is 3.24. The Morgan fingerprint density at radius 2 is 1.85 bits per heavy atom. The van der Waals surface area contributed by atoms with Crippen molar-refractivity contribution >= 4 is 24.3 Å². The second kappa shape index (κ2) is 9.07. The number of rotatable bonds is 5. The van der Waals surface area contributed by atoms with Crippen LogP contribution in [0.25, 0.3) is 0 Å². The number of amides is 1. The van der Waals surface area contributed by atoms with Crippen LogP contribution in [0.1, 0.15) is 49.7 Å². The molecule has 1 aromatic rings. The van der Waals surface area contributed by atoms with Crippen LogP contribution in [0.2, 0.25) is 0 Å². The number of aliphatic carboxylic acids is 1. The Kier molecular flexibility index (Phi) is 7.29. The number of halogens is 1. The van der Waals surface area contributed by atoms with Gasteiger partial charge in [0.1, 0.15) is 0 Å². The van der Waals surface area contributed by atoms with E-state index < -0.39 is 5.97 Å². The lowest BCUT2D eigenvalue weighted by molar-refractivity contribution is -0.141. The number of piperidine rings is 1. The van der Waals surface area contributed by atoms with E-state index >= 15 is 0 Å². The van der Waals surface area contributed by atoms with Gasteiger partial charge in [-0.1, -0.05) is 42.7 Å². The fourth-order valence-electron chi connectivity index (χ4n) is 4.70. The number of carboxylic acids is 1. The summed E-state index contributed by atoms with van der Waals surface area (Å²) in [5.74, 6) is -0.518. The number of benzene rings is 1. The molecule has 1 N–H and O–H groups in total. The number of carbonyl (C=O) groups excluding carboxylic acids is 1. The SMILES string of the molecule is Cc1cccc(C2(C(=O)N3CCC(N(C)CC(=O)O)CC3)CCCC2)c1.Cl. The average Bonchev–Trinajstić information content (AvgIpc) is 3.12. The van der Waals surface area contributed by atoms with Crippen molar-refractivity contribution in [3.8, 4) is 0 Å². The third-order valence-electron chi connectivity index (χ3n) is 6.20. The molecule has 150 valence electrons. The second-order valence-electron chi connectivity index (χ2n) is 7.99. The fourth-order valence-corrected chi connectivity index (χ4v) is 4.70. The van der Waals surface area contributed by atoms with E-state index in [1.807, 2.05) is 16.8 Å². The molecule has 5 nitrogen and oxygen atoms in total. The molecule has 2 aliphatic rings. The van der Waals surface area contributed by atoms with E-state index in [1.165, 1.54) is 11.1 Å². The first-order valence-corrected chi connectivity index (χ1v) is 9.71. The first-order chi connectivity index (χ1) is 12.4. The highest BCUT2D eigenvalue weighted by atomic mass is 35.5. The second-order valence-corrected chi connectivity index (χ2v) is 7.99. The lowest BCUT2D eigenvalue weighted by Crippen LogP contribution is -2.51. The molecule has 1 aliphatic heterocycles. The van der Waals surface area contributed by atoms with Crippen LogP contribution in [0.4, 0.5) is 0 Å². The van der Waals surface area contributed by atoms with E-state index in [9.17, 15) is 9.59 Å². The Hall–Kier alpha value is -1.59. The molecule has 0 unspecified atom stereocenters. The van der Waals surface area contributed by atoms with Crippen LogP contribution in [0.5, 0.6) is 0 Å². The van der Waals surface area contributed by atoms with E-state index in [0.717, 1.165) is 51.6 Å². The van der Waals surface area contributed by atoms with Crippen molar-refractivity contribution in [3.63, 3.8) is 0 Å². The monoisotopic (exact) mass is 394 g/mol. The first-order valence-electron chi connectivity index (χ1n) is 9.71. The van der Waals surface area contributed by atoms with Gasteiger partial charge in [0, 0.05) is 19.1 Å². The molecule has 2 fully saturated rings. The molecule has 1 saturated heterocycles. The zero-order chi connectivity index (χ0) is 18.7. The minimum Gasteiger partial charge on any atom is -0.480 e. The van der Waals surface area contributed by atoms with Gasteiger partial charge in [0.15, 0.2) is 0 Å². The van der Waals surface area contributed by atoms with Crippen LogP contribution in [0, 0.1) is 6.92 Å². The molecule has 1 saturated carbocycles. The molecule has 1 amide bonds. The van der Waals surface area contributed by atoms with Crippen LogP contribution in [0.15, 0.2) is 24.3 Å². The zero-order valence-corrected chi connectivity index (χ0v) is 17.1. The standard InChI is InChI=1S/C21H30N2O3.ClH/c1-16-6-5-7-17(14-16)21(10-3-4-11-21)20(26)23-12-8-18(9-13-23)22(2)15-19(24)25;/h5-7,14,18H,3-4,8-13,15H2,1-2H3,(H,24,25);1H. The van der Waals surface area contributed by atoms with Crippen molar-refractivity contribution in [2.75, 3.05) is 26.7 Å². The molecule has 6 heteroatoms. The number of nitrogens with zero attached hydrogens (tertiary/aromatic N) is 2. The predicted molar refractivity (Wildman–Crippen MR) is 108 cm³/mol. The quantitative estimate of drug-likeness (QED) is 0.832. The normalized spacial score (nSPS) is 19.7. The van der Waals surface area contributed by atoms with Crippen molar-refractivity contribution in [1.29, 1.82) is 0 Å². The van der Waals surface area contributed by atoms with E-state index in [0.29, 0.717) is 0 Å². The van der Waals surface area contributed by atoms with Gasteiger partial charge in [-0.3, -0.25) is 14.5 Å². The highest BCUT2D eigenvalue weighted by molar-refractivity contribution is 5.89. The molecule has 27 heavy (non-hydrogen) atoms. The van der Waals surface area contributed by atoms with Crippen molar-refractivity contribution < 1.29 is 14.7 Å². The van der Waals surface area contributed by atoms with Crippen molar-refractivity contribution in [2.45, 2.75) is 56.9 Å². The van der Waals surface area contributed by atoms with Crippen LogP contribution in [-0.4, -0.2) is 59.5 Å². The topological polar surface area (TPSA) is 60.9 Å². The highest BCUT2D eigenvalue weighted by Gasteiger charge is 2.45. The Morgan fingerprint density at radius 3 is 2.41 bits per heavy atom. The van der Waals surface area contributed by atoms with Gasteiger partial charge in [-0.15, -0.1) is 12.4 Å². The van der Waals surface area contributed by atoms with Crippen LogP contribution in [0.3, 0.4) is 0 Å². The number of aryl methyl sites for hydroxylation is 1. The van der Waals surface area contributed by atoms with Crippen molar-refractivity contribution in [1.82, 2.24) is 9.80 Å². The summed E-state index contributed by atoms with van der Waals surface area (Å²) in [7, 11) is 1.86. The molecule has 0 bridgehead atoms. The molecular formula is C21H31ClN2O3. The fraction of sp³-hybridized carbons (Fsp3) is 0.619. The number of likely N-dealkylation sites (tertiary alicyclic amines) is 1. The van der Waals surface area contributed by atoms with Crippen molar-refractivity contribution in [3.05, 3.63) is 35.4 Å². The summed E-state index contributed by atoms with van der Waals surface area (Å²) in [5, 5.41) is 8.97. The largest absolute Gasteiger partial charge is 0.480 e.